The fourth-order valence-corrected chi connectivity index (χ4v) is 4.32. The second-order valence-corrected chi connectivity index (χ2v) is 8.66. The number of carbonyl (C=O) groups excluding carboxylic acids is 3. The van der Waals surface area contributed by atoms with Crippen LogP contribution in [0, 0.1) is 0 Å². The van der Waals surface area contributed by atoms with Gasteiger partial charge in [-0.3, -0.25) is 14.4 Å². The third kappa shape index (κ3) is 4.35. The first-order valence-electron chi connectivity index (χ1n) is 11.9. The highest BCUT2D eigenvalue weighted by Gasteiger charge is 2.37. The molecule has 0 N–H and O–H groups in total. The second-order valence-electron chi connectivity index (χ2n) is 8.66. The number of rotatable bonds is 7. The third-order valence-corrected chi connectivity index (χ3v) is 6.50. The summed E-state index contributed by atoms with van der Waals surface area (Å²) >= 11 is 0. The lowest BCUT2D eigenvalue weighted by atomic mass is 10.0. The minimum atomic E-state index is -0.460. The van der Waals surface area contributed by atoms with Crippen molar-refractivity contribution >= 4 is 23.4 Å². The van der Waals surface area contributed by atoms with Crippen molar-refractivity contribution in [1.82, 2.24) is 19.7 Å². The predicted octanol–water partition coefficient (Wildman–Crippen LogP) is 4.30. The predicted molar refractivity (Wildman–Crippen MR) is 137 cm³/mol. The maximum absolute atomic E-state index is 13.3. The van der Waals surface area contributed by atoms with Crippen LogP contribution in [0.2, 0.25) is 0 Å². The minimum Gasteiger partial charge on any atom is -0.494 e. The van der Waals surface area contributed by atoms with E-state index in [2.05, 4.69) is 10.1 Å². The number of hydrogen-bond acceptors (Lipinski definition) is 6. The number of amides is 3. The SMILES string of the molecule is CCOc1ccc(N2C(=O)c3ccc(C(=O)N(C)[C@@H](C)c4ccc(-n5cncn5)cc4)cc3C2=O)cc1. The Kier molecular flexibility index (Phi) is 6.27. The summed E-state index contributed by atoms with van der Waals surface area (Å²) in [6.45, 7) is 4.33. The van der Waals surface area contributed by atoms with Gasteiger partial charge in [0.1, 0.15) is 18.4 Å². The van der Waals surface area contributed by atoms with Gasteiger partial charge in [-0.25, -0.2) is 14.6 Å². The van der Waals surface area contributed by atoms with Crippen molar-refractivity contribution in [2.75, 3.05) is 18.6 Å². The van der Waals surface area contributed by atoms with E-state index in [-0.39, 0.29) is 23.1 Å². The molecule has 9 heteroatoms. The van der Waals surface area contributed by atoms with Crippen molar-refractivity contribution in [2.45, 2.75) is 19.9 Å². The van der Waals surface area contributed by atoms with Crippen LogP contribution in [0.25, 0.3) is 5.69 Å². The summed E-state index contributed by atoms with van der Waals surface area (Å²) in [5.74, 6) is -0.480. The zero-order valence-corrected chi connectivity index (χ0v) is 20.7. The average Bonchev–Trinajstić information content (AvgIpc) is 3.55. The first kappa shape index (κ1) is 23.9. The molecular weight excluding hydrogens is 470 g/mol. The summed E-state index contributed by atoms with van der Waals surface area (Å²) in [6, 6.07) is 18.9. The molecule has 37 heavy (non-hydrogen) atoms. The van der Waals surface area contributed by atoms with Gasteiger partial charge in [-0.1, -0.05) is 12.1 Å². The molecule has 0 saturated heterocycles. The maximum atomic E-state index is 13.3. The molecule has 0 fully saturated rings. The summed E-state index contributed by atoms with van der Waals surface area (Å²) in [5, 5.41) is 4.12. The maximum Gasteiger partial charge on any atom is 0.266 e. The molecule has 0 aliphatic carbocycles. The van der Waals surface area contributed by atoms with E-state index in [1.54, 1.807) is 59.4 Å². The molecule has 1 atom stereocenters. The summed E-state index contributed by atoms with van der Waals surface area (Å²) in [7, 11) is 1.71. The summed E-state index contributed by atoms with van der Waals surface area (Å²) in [6.07, 6.45) is 3.08. The van der Waals surface area contributed by atoms with E-state index in [1.807, 2.05) is 38.1 Å². The Hall–Kier alpha value is -4.79. The quantitative estimate of drug-likeness (QED) is 0.355. The number of hydrogen-bond donors (Lipinski definition) is 0. The molecule has 5 rings (SSSR count). The number of ether oxygens (including phenoxy) is 1. The molecule has 0 spiro atoms. The van der Waals surface area contributed by atoms with Gasteiger partial charge in [0.05, 0.1) is 35.2 Å². The zero-order valence-electron chi connectivity index (χ0n) is 20.7. The van der Waals surface area contributed by atoms with Gasteiger partial charge in [0.15, 0.2) is 0 Å². The monoisotopic (exact) mass is 495 g/mol. The normalized spacial score (nSPS) is 13.4. The Morgan fingerprint density at radius 2 is 1.62 bits per heavy atom. The minimum absolute atomic E-state index is 0.211. The van der Waals surface area contributed by atoms with Gasteiger partial charge in [-0.2, -0.15) is 5.10 Å². The Bertz CT molecular complexity index is 1460. The summed E-state index contributed by atoms with van der Waals surface area (Å²) < 4.78 is 7.10. The number of imide groups is 1. The van der Waals surface area contributed by atoms with Crippen LogP contribution >= 0.6 is 0 Å². The number of anilines is 1. The highest BCUT2D eigenvalue weighted by Crippen LogP contribution is 2.31. The molecule has 3 aromatic carbocycles. The Morgan fingerprint density at radius 3 is 2.27 bits per heavy atom. The topological polar surface area (TPSA) is 97.6 Å². The zero-order chi connectivity index (χ0) is 26.1. The lowest BCUT2D eigenvalue weighted by Crippen LogP contribution is -2.30. The van der Waals surface area contributed by atoms with Gasteiger partial charge in [-0.15, -0.1) is 0 Å². The molecule has 1 aromatic heterocycles. The number of carbonyl (C=O) groups is 3. The number of fused-ring (bicyclic) bond motifs is 1. The Morgan fingerprint density at radius 1 is 0.946 bits per heavy atom. The lowest BCUT2D eigenvalue weighted by molar-refractivity contribution is 0.0742. The summed E-state index contributed by atoms with van der Waals surface area (Å²) in [4.78, 5) is 46.2. The van der Waals surface area contributed by atoms with Crippen LogP contribution in [0.3, 0.4) is 0 Å². The molecule has 9 nitrogen and oxygen atoms in total. The van der Waals surface area contributed by atoms with Crippen LogP contribution in [-0.4, -0.2) is 51.0 Å². The molecule has 3 amide bonds. The van der Waals surface area contributed by atoms with Crippen LogP contribution in [0.5, 0.6) is 5.75 Å². The van der Waals surface area contributed by atoms with Crippen molar-refractivity contribution in [3.63, 3.8) is 0 Å². The molecule has 1 aliphatic heterocycles. The number of nitrogens with zero attached hydrogens (tertiary/aromatic N) is 5. The van der Waals surface area contributed by atoms with Crippen LogP contribution in [0.1, 0.15) is 56.5 Å². The van der Waals surface area contributed by atoms with E-state index in [0.29, 0.717) is 23.6 Å². The highest BCUT2D eigenvalue weighted by atomic mass is 16.5. The fraction of sp³-hybridized carbons (Fsp3) is 0.179. The van der Waals surface area contributed by atoms with Gasteiger partial charge in [-0.05, 0) is 74.0 Å². The van der Waals surface area contributed by atoms with Crippen molar-refractivity contribution in [2.24, 2.45) is 0 Å². The first-order chi connectivity index (χ1) is 17.9. The van der Waals surface area contributed by atoms with Gasteiger partial charge in [0.25, 0.3) is 17.7 Å². The molecule has 0 saturated carbocycles. The highest BCUT2D eigenvalue weighted by molar-refractivity contribution is 6.34. The molecule has 1 aliphatic rings. The largest absolute Gasteiger partial charge is 0.494 e. The van der Waals surface area contributed by atoms with Gasteiger partial charge in [0, 0.05) is 12.6 Å². The van der Waals surface area contributed by atoms with Crippen LogP contribution in [-0.2, 0) is 0 Å². The number of benzene rings is 3. The third-order valence-electron chi connectivity index (χ3n) is 6.50. The Balaban J connectivity index is 1.34. The fourth-order valence-electron chi connectivity index (χ4n) is 4.32. The van der Waals surface area contributed by atoms with Gasteiger partial charge < -0.3 is 9.64 Å². The molecule has 0 bridgehead atoms. The molecule has 2 heterocycles. The van der Waals surface area contributed by atoms with E-state index >= 15 is 0 Å². The molecule has 0 unspecified atom stereocenters. The van der Waals surface area contributed by atoms with Crippen LogP contribution < -0.4 is 9.64 Å². The van der Waals surface area contributed by atoms with E-state index < -0.39 is 11.8 Å². The molecule has 0 radical (unpaired) electrons. The van der Waals surface area contributed by atoms with Crippen molar-refractivity contribution < 1.29 is 19.1 Å². The van der Waals surface area contributed by atoms with Crippen LogP contribution in [0.4, 0.5) is 5.69 Å². The Labute approximate surface area is 213 Å². The standard InChI is InChI=1S/C28H25N5O4/c1-4-37-23-12-10-22(11-13-23)33-27(35)24-14-7-20(15-25(24)28(33)36)26(34)31(3)18(2)19-5-8-21(9-6-19)32-17-29-16-30-32/h5-18H,4H2,1-3H3/t18-/m0/s1. The van der Waals surface area contributed by atoms with Crippen molar-refractivity contribution in [3.8, 4) is 11.4 Å². The van der Waals surface area contributed by atoms with E-state index in [4.69, 9.17) is 4.74 Å². The van der Waals surface area contributed by atoms with E-state index in [0.717, 1.165) is 16.2 Å². The van der Waals surface area contributed by atoms with Gasteiger partial charge >= 0.3 is 0 Å². The smallest absolute Gasteiger partial charge is 0.266 e. The first-order valence-corrected chi connectivity index (χ1v) is 11.9. The second kappa shape index (κ2) is 9.69. The van der Waals surface area contributed by atoms with Crippen molar-refractivity contribution in [1.29, 1.82) is 0 Å². The van der Waals surface area contributed by atoms with Gasteiger partial charge in [0.2, 0.25) is 0 Å². The van der Waals surface area contributed by atoms with Crippen molar-refractivity contribution in [3.05, 3.63) is 102 Å². The summed E-state index contributed by atoms with van der Waals surface area (Å²) in [5.41, 5.74) is 3.07. The van der Waals surface area contributed by atoms with E-state index in [1.165, 1.54) is 12.4 Å². The average molecular weight is 496 g/mol. The molecular formula is C28H25N5O4. The van der Waals surface area contributed by atoms with Crippen LogP contribution in [0.15, 0.2) is 79.4 Å². The van der Waals surface area contributed by atoms with E-state index in [9.17, 15) is 14.4 Å². The molecule has 186 valence electrons. The lowest BCUT2D eigenvalue weighted by Gasteiger charge is -2.25. The molecule has 4 aromatic rings. The number of aromatic nitrogens is 3.